The summed E-state index contributed by atoms with van der Waals surface area (Å²) < 4.78 is 14.5. The highest BCUT2D eigenvalue weighted by Gasteiger charge is 2.09. The third-order valence-corrected chi connectivity index (χ3v) is 3.46. The fourth-order valence-corrected chi connectivity index (χ4v) is 2.87. The van der Waals surface area contributed by atoms with Crippen LogP contribution in [0, 0.1) is 5.82 Å². The second kappa shape index (κ2) is 3.31. The molecule has 0 N–H and O–H groups in total. The van der Waals surface area contributed by atoms with Crippen molar-refractivity contribution in [3.8, 4) is 0 Å². The third-order valence-electron chi connectivity index (χ3n) is 2.12. The Labute approximate surface area is 85.8 Å². The molecule has 2 aromatic rings. The van der Waals surface area contributed by atoms with Crippen molar-refractivity contribution in [2.75, 3.05) is 0 Å². The normalized spacial score (nSPS) is 11.0. The highest BCUT2D eigenvalue weighted by Crippen LogP contribution is 2.32. The summed E-state index contributed by atoms with van der Waals surface area (Å²) >= 11 is 5.82. The maximum atomic E-state index is 13.4. The summed E-state index contributed by atoms with van der Waals surface area (Å²) in [7, 11) is 0. The van der Waals surface area contributed by atoms with Gasteiger partial charge in [0.25, 0.3) is 0 Å². The maximum Gasteiger partial charge on any atom is 0.128 e. The van der Waals surface area contributed by atoms with E-state index in [9.17, 15) is 4.39 Å². The van der Waals surface area contributed by atoms with E-state index in [1.54, 1.807) is 11.3 Å². The SMILES string of the molecule is CCc1c(F)cc(S)c2ccsc12. The predicted molar refractivity (Wildman–Crippen MR) is 58.4 cm³/mol. The molecular formula is C10H9FS2. The molecule has 3 heteroatoms. The van der Waals surface area contributed by atoms with Crippen LogP contribution in [0.2, 0.25) is 0 Å². The number of benzene rings is 1. The van der Waals surface area contributed by atoms with E-state index in [4.69, 9.17) is 0 Å². The Morgan fingerprint density at radius 1 is 1.54 bits per heavy atom. The van der Waals surface area contributed by atoms with E-state index in [0.29, 0.717) is 0 Å². The summed E-state index contributed by atoms with van der Waals surface area (Å²) in [6, 6.07) is 3.48. The zero-order valence-corrected chi connectivity index (χ0v) is 8.88. The Kier molecular flexibility index (Phi) is 2.30. The molecule has 0 saturated heterocycles. The first-order valence-corrected chi connectivity index (χ1v) is 5.44. The standard InChI is InChI=1S/C10H9FS2/c1-2-6-8(11)5-9(12)7-3-4-13-10(6)7/h3-5,12H,2H2,1H3. The number of thiol groups is 1. The molecule has 0 nitrogen and oxygen atoms in total. The van der Waals surface area contributed by atoms with Gasteiger partial charge in [0.15, 0.2) is 0 Å². The van der Waals surface area contributed by atoms with Gasteiger partial charge in [0.05, 0.1) is 0 Å². The van der Waals surface area contributed by atoms with Crippen LogP contribution in [0.4, 0.5) is 4.39 Å². The van der Waals surface area contributed by atoms with Crippen molar-refractivity contribution in [2.45, 2.75) is 18.2 Å². The van der Waals surface area contributed by atoms with Gasteiger partial charge in [0.2, 0.25) is 0 Å². The average molecular weight is 212 g/mol. The number of halogens is 1. The molecule has 0 aliphatic carbocycles. The summed E-state index contributed by atoms with van der Waals surface area (Å²) in [5.74, 6) is -0.137. The van der Waals surface area contributed by atoms with Crippen LogP contribution in [0.1, 0.15) is 12.5 Å². The van der Waals surface area contributed by atoms with Gasteiger partial charge in [-0.15, -0.1) is 24.0 Å². The average Bonchev–Trinajstić information content (AvgIpc) is 2.53. The highest BCUT2D eigenvalue weighted by molar-refractivity contribution is 7.80. The topological polar surface area (TPSA) is 0 Å². The number of thiophene rings is 1. The minimum absolute atomic E-state index is 0.137. The lowest BCUT2D eigenvalue weighted by Gasteiger charge is -2.03. The summed E-state index contributed by atoms with van der Waals surface area (Å²) in [6.45, 7) is 1.97. The number of hydrogen-bond acceptors (Lipinski definition) is 2. The van der Waals surface area contributed by atoms with Crippen LogP contribution in [0.25, 0.3) is 10.1 Å². The van der Waals surface area contributed by atoms with Crippen molar-refractivity contribution >= 4 is 34.1 Å². The minimum atomic E-state index is -0.137. The van der Waals surface area contributed by atoms with Crippen molar-refractivity contribution in [1.82, 2.24) is 0 Å². The lowest BCUT2D eigenvalue weighted by Crippen LogP contribution is -1.88. The van der Waals surface area contributed by atoms with Crippen LogP contribution in [-0.4, -0.2) is 0 Å². The third kappa shape index (κ3) is 1.36. The number of rotatable bonds is 1. The van der Waals surface area contributed by atoms with Gasteiger partial charge in [0.1, 0.15) is 5.82 Å². The van der Waals surface area contributed by atoms with E-state index in [1.807, 2.05) is 18.4 Å². The molecule has 0 amide bonds. The summed E-state index contributed by atoms with van der Waals surface area (Å²) in [6.07, 6.45) is 0.733. The van der Waals surface area contributed by atoms with Crippen LogP contribution in [0.15, 0.2) is 22.4 Å². The van der Waals surface area contributed by atoms with Crippen molar-refractivity contribution in [3.05, 3.63) is 28.9 Å². The van der Waals surface area contributed by atoms with Crippen LogP contribution < -0.4 is 0 Å². The van der Waals surface area contributed by atoms with Gasteiger partial charge >= 0.3 is 0 Å². The molecule has 1 aromatic carbocycles. The van der Waals surface area contributed by atoms with E-state index in [0.717, 1.165) is 27.0 Å². The molecule has 68 valence electrons. The Morgan fingerprint density at radius 3 is 3.00 bits per heavy atom. The predicted octanol–water partition coefficient (Wildman–Crippen LogP) is 3.89. The molecule has 0 aliphatic heterocycles. The van der Waals surface area contributed by atoms with E-state index in [1.165, 1.54) is 6.07 Å². The lowest BCUT2D eigenvalue weighted by atomic mass is 10.1. The van der Waals surface area contributed by atoms with Gasteiger partial charge in [-0.1, -0.05) is 6.92 Å². The van der Waals surface area contributed by atoms with Gasteiger partial charge in [0, 0.05) is 20.5 Å². The first-order chi connectivity index (χ1) is 6.24. The van der Waals surface area contributed by atoms with Crippen LogP contribution in [0.3, 0.4) is 0 Å². The van der Waals surface area contributed by atoms with Crippen LogP contribution in [-0.2, 0) is 6.42 Å². The van der Waals surface area contributed by atoms with Crippen LogP contribution >= 0.6 is 24.0 Å². The summed E-state index contributed by atoms with van der Waals surface area (Å²) in [4.78, 5) is 0.728. The van der Waals surface area contributed by atoms with Crippen LogP contribution in [0.5, 0.6) is 0 Å². The molecule has 0 spiro atoms. The van der Waals surface area contributed by atoms with Gasteiger partial charge in [-0.05, 0) is 23.9 Å². The second-order valence-corrected chi connectivity index (χ2v) is 4.27. The van der Waals surface area contributed by atoms with E-state index >= 15 is 0 Å². The molecule has 13 heavy (non-hydrogen) atoms. The van der Waals surface area contributed by atoms with Crippen molar-refractivity contribution in [1.29, 1.82) is 0 Å². The molecule has 0 atom stereocenters. The quantitative estimate of drug-likeness (QED) is 0.681. The molecule has 0 saturated carbocycles. The highest BCUT2D eigenvalue weighted by atomic mass is 32.1. The maximum absolute atomic E-state index is 13.4. The molecule has 1 aromatic heterocycles. The van der Waals surface area contributed by atoms with Crippen molar-refractivity contribution < 1.29 is 4.39 Å². The zero-order valence-electron chi connectivity index (χ0n) is 7.17. The van der Waals surface area contributed by atoms with Crippen molar-refractivity contribution in [3.63, 3.8) is 0 Å². The second-order valence-electron chi connectivity index (χ2n) is 2.87. The van der Waals surface area contributed by atoms with Gasteiger partial charge in [-0.2, -0.15) is 0 Å². The Balaban J connectivity index is 2.88. The smallest absolute Gasteiger partial charge is 0.128 e. The molecule has 1 heterocycles. The first kappa shape index (κ1) is 9.03. The Bertz CT molecular complexity index is 445. The fraction of sp³-hybridized carbons (Fsp3) is 0.200. The molecule has 0 aliphatic rings. The molecule has 0 unspecified atom stereocenters. The monoisotopic (exact) mass is 212 g/mol. The molecular weight excluding hydrogens is 203 g/mol. The summed E-state index contributed by atoms with van der Waals surface area (Å²) in [5.41, 5.74) is 0.808. The van der Waals surface area contributed by atoms with E-state index < -0.39 is 0 Å². The molecule has 0 fully saturated rings. The first-order valence-electron chi connectivity index (χ1n) is 4.11. The number of aryl methyl sites for hydroxylation is 1. The lowest BCUT2D eigenvalue weighted by molar-refractivity contribution is 0.612. The molecule has 0 radical (unpaired) electrons. The zero-order chi connectivity index (χ0) is 9.42. The van der Waals surface area contributed by atoms with Gasteiger partial charge < -0.3 is 0 Å². The summed E-state index contributed by atoms with van der Waals surface area (Å²) in [5, 5.41) is 3.04. The largest absolute Gasteiger partial charge is 0.207 e. The number of fused-ring (bicyclic) bond motifs is 1. The minimum Gasteiger partial charge on any atom is -0.207 e. The molecule has 2 rings (SSSR count). The van der Waals surface area contributed by atoms with Gasteiger partial charge in [-0.3, -0.25) is 0 Å². The van der Waals surface area contributed by atoms with Crippen molar-refractivity contribution in [2.24, 2.45) is 0 Å². The van der Waals surface area contributed by atoms with E-state index in [-0.39, 0.29) is 5.82 Å². The Hall–Kier alpha value is -0.540. The van der Waals surface area contributed by atoms with Gasteiger partial charge in [-0.25, -0.2) is 4.39 Å². The molecule has 0 bridgehead atoms. The number of hydrogen-bond donors (Lipinski definition) is 1. The van der Waals surface area contributed by atoms with E-state index in [2.05, 4.69) is 12.6 Å². The fourth-order valence-electron chi connectivity index (χ4n) is 1.47. The Morgan fingerprint density at radius 2 is 2.31 bits per heavy atom.